The molecule has 0 spiro atoms. The summed E-state index contributed by atoms with van der Waals surface area (Å²) in [6.45, 7) is 3.98. The minimum Gasteiger partial charge on any atom is -0.325 e. The Labute approximate surface area is 150 Å². The lowest BCUT2D eigenvalue weighted by atomic mass is 10.1. The summed E-state index contributed by atoms with van der Waals surface area (Å²) >= 11 is 1.35. The Morgan fingerprint density at radius 1 is 1.20 bits per heavy atom. The number of pyridine rings is 1. The van der Waals surface area contributed by atoms with E-state index >= 15 is 0 Å². The number of hydrogen-bond acceptors (Lipinski definition) is 5. The van der Waals surface area contributed by atoms with Crippen molar-refractivity contribution in [1.82, 2.24) is 19.7 Å². The SMILES string of the molecule is Cc1ccc(C)c(NC(=O)CSc2nnc(-c3ccccn3)n2C)c1. The number of nitrogens with one attached hydrogen (secondary N) is 1. The number of hydrogen-bond donors (Lipinski definition) is 1. The van der Waals surface area contributed by atoms with Gasteiger partial charge in [-0.1, -0.05) is 30.0 Å². The molecule has 0 saturated heterocycles. The highest BCUT2D eigenvalue weighted by molar-refractivity contribution is 7.99. The topological polar surface area (TPSA) is 72.7 Å². The van der Waals surface area contributed by atoms with E-state index in [2.05, 4.69) is 20.5 Å². The zero-order chi connectivity index (χ0) is 17.8. The van der Waals surface area contributed by atoms with Crippen molar-refractivity contribution in [2.45, 2.75) is 19.0 Å². The van der Waals surface area contributed by atoms with Crippen LogP contribution in [-0.4, -0.2) is 31.4 Å². The smallest absolute Gasteiger partial charge is 0.234 e. The molecule has 3 rings (SSSR count). The van der Waals surface area contributed by atoms with Crippen LogP contribution < -0.4 is 5.32 Å². The fraction of sp³-hybridized carbons (Fsp3) is 0.222. The summed E-state index contributed by atoms with van der Waals surface area (Å²) in [7, 11) is 1.87. The Hall–Kier alpha value is -2.67. The van der Waals surface area contributed by atoms with Gasteiger partial charge in [0.15, 0.2) is 11.0 Å². The van der Waals surface area contributed by atoms with Gasteiger partial charge in [-0.25, -0.2) is 0 Å². The molecule has 0 radical (unpaired) electrons. The van der Waals surface area contributed by atoms with E-state index in [4.69, 9.17) is 0 Å². The average Bonchev–Trinajstić information content (AvgIpc) is 2.98. The van der Waals surface area contributed by atoms with E-state index in [0.29, 0.717) is 11.0 Å². The first-order valence-electron chi connectivity index (χ1n) is 7.85. The first kappa shape index (κ1) is 17.2. The van der Waals surface area contributed by atoms with Crippen LogP contribution in [0.5, 0.6) is 0 Å². The number of amides is 1. The summed E-state index contributed by atoms with van der Waals surface area (Å²) in [6, 6.07) is 11.6. The number of aromatic nitrogens is 4. The van der Waals surface area contributed by atoms with E-state index in [1.54, 1.807) is 6.20 Å². The molecule has 3 aromatic rings. The number of rotatable bonds is 5. The maximum Gasteiger partial charge on any atom is 0.234 e. The predicted molar refractivity (Wildman–Crippen MR) is 99.5 cm³/mol. The summed E-state index contributed by atoms with van der Waals surface area (Å²) in [5.41, 5.74) is 3.75. The molecule has 2 heterocycles. The summed E-state index contributed by atoms with van der Waals surface area (Å²) in [6.07, 6.45) is 1.72. The molecule has 1 aromatic carbocycles. The molecule has 0 unspecified atom stereocenters. The first-order chi connectivity index (χ1) is 12.0. The number of anilines is 1. The molecule has 0 aliphatic heterocycles. The van der Waals surface area contributed by atoms with Crippen molar-refractivity contribution >= 4 is 23.4 Å². The Bertz CT molecular complexity index is 892. The normalized spacial score (nSPS) is 10.7. The molecule has 0 atom stereocenters. The third-order valence-electron chi connectivity index (χ3n) is 3.73. The van der Waals surface area contributed by atoms with Crippen LogP contribution in [0.25, 0.3) is 11.5 Å². The van der Waals surface area contributed by atoms with Gasteiger partial charge in [-0.2, -0.15) is 0 Å². The van der Waals surface area contributed by atoms with Gasteiger partial charge in [0.05, 0.1) is 5.75 Å². The predicted octanol–water partition coefficient (Wildman–Crippen LogP) is 3.22. The highest BCUT2D eigenvalue weighted by Gasteiger charge is 2.14. The van der Waals surface area contributed by atoms with Crippen LogP contribution in [0.4, 0.5) is 5.69 Å². The molecule has 0 fully saturated rings. The van der Waals surface area contributed by atoms with Crippen molar-refractivity contribution in [3.8, 4) is 11.5 Å². The van der Waals surface area contributed by atoms with Gasteiger partial charge in [0.2, 0.25) is 5.91 Å². The van der Waals surface area contributed by atoms with Gasteiger partial charge >= 0.3 is 0 Å². The number of benzene rings is 1. The summed E-state index contributed by atoms with van der Waals surface area (Å²) < 4.78 is 1.85. The summed E-state index contributed by atoms with van der Waals surface area (Å²) in [4.78, 5) is 16.5. The number of carbonyl (C=O) groups excluding carboxylic acids is 1. The molecule has 0 aliphatic carbocycles. The van der Waals surface area contributed by atoms with Gasteiger partial charge in [-0.3, -0.25) is 9.78 Å². The van der Waals surface area contributed by atoms with Crippen molar-refractivity contribution in [1.29, 1.82) is 0 Å². The number of nitrogens with zero attached hydrogens (tertiary/aromatic N) is 4. The fourth-order valence-corrected chi connectivity index (χ4v) is 3.06. The third-order valence-corrected chi connectivity index (χ3v) is 4.75. The lowest BCUT2D eigenvalue weighted by Crippen LogP contribution is -2.15. The first-order valence-corrected chi connectivity index (χ1v) is 8.84. The molecule has 0 saturated carbocycles. The molecule has 7 heteroatoms. The molecule has 0 bridgehead atoms. The molecule has 1 N–H and O–H groups in total. The van der Waals surface area contributed by atoms with Gasteiger partial charge in [0.25, 0.3) is 0 Å². The Balaban J connectivity index is 1.65. The van der Waals surface area contributed by atoms with Crippen LogP contribution in [0.15, 0.2) is 47.8 Å². The third kappa shape index (κ3) is 4.06. The zero-order valence-electron chi connectivity index (χ0n) is 14.4. The number of carbonyl (C=O) groups is 1. The molecule has 2 aromatic heterocycles. The lowest BCUT2D eigenvalue weighted by Gasteiger charge is -2.09. The molecule has 0 aliphatic rings. The molecule has 6 nitrogen and oxygen atoms in total. The molecular weight excluding hydrogens is 334 g/mol. The Kier molecular flexibility index (Phi) is 5.14. The minimum atomic E-state index is -0.0684. The van der Waals surface area contributed by atoms with Crippen molar-refractivity contribution in [2.24, 2.45) is 7.05 Å². The molecule has 1 amide bonds. The lowest BCUT2D eigenvalue weighted by molar-refractivity contribution is -0.113. The largest absolute Gasteiger partial charge is 0.325 e. The van der Waals surface area contributed by atoms with E-state index in [1.165, 1.54) is 11.8 Å². The standard InChI is InChI=1S/C18H19N5OS/c1-12-7-8-13(2)15(10-12)20-16(24)11-25-18-22-21-17(23(18)3)14-6-4-5-9-19-14/h4-10H,11H2,1-3H3,(H,20,24). The van der Waals surface area contributed by atoms with Gasteiger partial charge in [-0.15, -0.1) is 10.2 Å². The maximum absolute atomic E-state index is 12.2. The highest BCUT2D eigenvalue weighted by atomic mass is 32.2. The van der Waals surface area contributed by atoms with E-state index in [0.717, 1.165) is 22.5 Å². The van der Waals surface area contributed by atoms with Crippen LogP contribution in [0, 0.1) is 13.8 Å². The van der Waals surface area contributed by atoms with Crippen molar-refractivity contribution < 1.29 is 4.79 Å². The zero-order valence-corrected chi connectivity index (χ0v) is 15.2. The van der Waals surface area contributed by atoms with Crippen LogP contribution in [0.1, 0.15) is 11.1 Å². The molecular formula is C18H19N5OS. The number of aryl methyl sites for hydroxylation is 2. The second-order valence-electron chi connectivity index (χ2n) is 5.74. The second kappa shape index (κ2) is 7.48. The van der Waals surface area contributed by atoms with E-state index in [-0.39, 0.29) is 11.7 Å². The average molecular weight is 353 g/mol. The number of thioether (sulfide) groups is 1. The second-order valence-corrected chi connectivity index (χ2v) is 6.68. The van der Waals surface area contributed by atoms with E-state index in [9.17, 15) is 4.79 Å². The maximum atomic E-state index is 12.2. The van der Waals surface area contributed by atoms with Crippen LogP contribution in [0.3, 0.4) is 0 Å². The fourth-order valence-electron chi connectivity index (χ4n) is 2.35. The van der Waals surface area contributed by atoms with Crippen LogP contribution >= 0.6 is 11.8 Å². The van der Waals surface area contributed by atoms with Crippen LogP contribution in [-0.2, 0) is 11.8 Å². The quantitative estimate of drug-likeness (QED) is 0.713. The van der Waals surface area contributed by atoms with Crippen molar-refractivity contribution in [3.05, 3.63) is 53.7 Å². The van der Waals surface area contributed by atoms with Gasteiger partial charge in [0.1, 0.15) is 5.69 Å². The Morgan fingerprint density at radius 2 is 2.04 bits per heavy atom. The van der Waals surface area contributed by atoms with E-state index < -0.39 is 0 Å². The Morgan fingerprint density at radius 3 is 2.80 bits per heavy atom. The summed E-state index contributed by atoms with van der Waals surface area (Å²) in [5.74, 6) is 0.876. The monoisotopic (exact) mass is 353 g/mol. The van der Waals surface area contributed by atoms with Crippen LogP contribution in [0.2, 0.25) is 0 Å². The van der Waals surface area contributed by atoms with Crippen molar-refractivity contribution in [3.63, 3.8) is 0 Å². The van der Waals surface area contributed by atoms with Crippen molar-refractivity contribution in [2.75, 3.05) is 11.1 Å². The van der Waals surface area contributed by atoms with Gasteiger partial charge in [-0.05, 0) is 43.2 Å². The molecule has 25 heavy (non-hydrogen) atoms. The van der Waals surface area contributed by atoms with Gasteiger partial charge < -0.3 is 9.88 Å². The summed E-state index contributed by atoms with van der Waals surface area (Å²) in [5, 5.41) is 12.0. The highest BCUT2D eigenvalue weighted by Crippen LogP contribution is 2.22. The minimum absolute atomic E-state index is 0.0684. The van der Waals surface area contributed by atoms with E-state index in [1.807, 2.05) is 61.9 Å². The van der Waals surface area contributed by atoms with Gasteiger partial charge in [0, 0.05) is 18.9 Å². The molecule has 128 valence electrons.